The monoisotopic (exact) mass is 310 g/mol. The van der Waals surface area contributed by atoms with Gasteiger partial charge in [0.2, 0.25) is 10.6 Å². The van der Waals surface area contributed by atoms with Crippen LogP contribution in [-0.4, -0.2) is 27.2 Å². The first-order valence-electron chi connectivity index (χ1n) is 3.66. The van der Waals surface area contributed by atoms with Crippen molar-refractivity contribution in [1.29, 1.82) is 0 Å². The van der Waals surface area contributed by atoms with E-state index in [-0.39, 0.29) is 12.5 Å². The largest absolute Gasteiger partial charge is 0.355 e. The van der Waals surface area contributed by atoms with Crippen molar-refractivity contribution in [3.63, 3.8) is 0 Å². The van der Waals surface area contributed by atoms with Gasteiger partial charge in [0, 0.05) is 6.54 Å². The van der Waals surface area contributed by atoms with E-state index in [4.69, 9.17) is 0 Å². The van der Waals surface area contributed by atoms with Crippen LogP contribution in [0.15, 0.2) is 9.47 Å². The lowest BCUT2D eigenvalue weighted by atomic mass is 10.5. The smallest absolute Gasteiger partial charge is 0.241 e. The van der Waals surface area contributed by atoms with Crippen LogP contribution >= 0.6 is 31.9 Å². The predicted octanol–water partition coefficient (Wildman–Crippen LogP) is 0.939. The zero-order chi connectivity index (χ0) is 9.84. The fraction of sp³-hybridized carbons (Fsp3) is 0.500. The Morgan fingerprint density at radius 2 is 2.31 bits per heavy atom. The molecule has 13 heavy (non-hydrogen) atoms. The van der Waals surface area contributed by atoms with Crippen LogP contribution in [0, 0.1) is 0 Å². The summed E-state index contributed by atoms with van der Waals surface area (Å²) >= 11 is 6.28. The molecule has 0 aliphatic rings. The molecule has 7 heteroatoms. The maximum Gasteiger partial charge on any atom is 0.241 e. The van der Waals surface area contributed by atoms with Gasteiger partial charge < -0.3 is 5.32 Å². The fourth-order valence-electron chi connectivity index (χ4n) is 0.787. The third-order valence-electron chi connectivity index (χ3n) is 1.27. The molecule has 0 bridgehead atoms. The molecule has 0 atom stereocenters. The highest BCUT2D eigenvalue weighted by molar-refractivity contribution is 9.11. The van der Waals surface area contributed by atoms with Crippen LogP contribution in [0.3, 0.4) is 0 Å². The third kappa shape index (κ3) is 3.07. The Hall–Kier alpha value is -0.430. The van der Waals surface area contributed by atoms with Gasteiger partial charge in [-0.1, -0.05) is 0 Å². The van der Waals surface area contributed by atoms with Gasteiger partial charge in [0.25, 0.3) is 0 Å². The first-order chi connectivity index (χ1) is 6.13. The topological polar surface area (TPSA) is 59.8 Å². The Balaban J connectivity index is 2.63. The Morgan fingerprint density at radius 3 is 2.77 bits per heavy atom. The van der Waals surface area contributed by atoms with E-state index in [1.807, 2.05) is 6.92 Å². The lowest BCUT2D eigenvalue weighted by Crippen LogP contribution is -2.27. The number of likely N-dealkylation sites (N-methyl/N-ethyl adjacent to an activating group) is 1. The average Bonchev–Trinajstić information content (AvgIpc) is 2.30. The highest BCUT2D eigenvalue weighted by Gasteiger charge is 2.08. The molecule has 1 rings (SSSR count). The normalized spacial score (nSPS) is 10.1. The average molecular weight is 312 g/mol. The van der Waals surface area contributed by atoms with Crippen molar-refractivity contribution < 1.29 is 4.79 Å². The number of carbonyl (C=O) groups is 1. The second-order valence-electron chi connectivity index (χ2n) is 2.26. The minimum absolute atomic E-state index is 0.0828. The van der Waals surface area contributed by atoms with Gasteiger partial charge in [-0.3, -0.25) is 4.79 Å². The molecule has 1 heterocycles. The summed E-state index contributed by atoms with van der Waals surface area (Å²) < 4.78 is 2.46. The molecule has 0 aliphatic heterocycles. The van der Waals surface area contributed by atoms with Gasteiger partial charge in [-0.25, -0.2) is 4.68 Å². The molecule has 0 radical (unpaired) electrons. The van der Waals surface area contributed by atoms with Crippen molar-refractivity contribution in [1.82, 2.24) is 20.1 Å². The van der Waals surface area contributed by atoms with Crippen molar-refractivity contribution in [3.8, 4) is 0 Å². The highest BCUT2D eigenvalue weighted by atomic mass is 79.9. The van der Waals surface area contributed by atoms with E-state index >= 15 is 0 Å². The molecule has 0 saturated carbocycles. The molecule has 0 unspecified atom stereocenters. The van der Waals surface area contributed by atoms with E-state index < -0.39 is 0 Å². The Labute approximate surface area is 92.2 Å². The van der Waals surface area contributed by atoms with Crippen LogP contribution in [0.25, 0.3) is 0 Å². The second-order valence-corrected chi connectivity index (χ2v) is 3.68. The van der Waals surface area contributed by atoms with Crippen LogP contribution < -0.4 is 5.32 Å². The predicted molar refractivity (Wildman–Crippen MR) is 54.1 cm³/mol. The maximum absolute atomic E-state index is 11.1. The second kappa shape index (κ2) is 4.71. The van der Waals surface area contributed by atoms with E-state index in [2.05, 4.69) is 47.3 Å². The highest BCUT2D eigenvalue weighted by Crippen LogP contribution is 2.10. The molecular formula is C6H8Br2N4O. The van der Waals surface area contributed by atoms with Crippen LogP contribution in [0.4, 0.5) is 0 Å². The van der Waals surface area contributed by atoms with Gasteiger partial charge >= 0.3 is 0 Å². The number of hydrogen-bond donors (Lipinski definition) is 1. The van der Waals surface area contributed by atoms with Crippen LogP contribution in [-0.2, 0) is 11.3 Å². The summed E-state index contributed by atoms with van der Waals surface area (Å²) in [4.78, 5) is 15.1. The van der Waals surface area contributed by atoms with Crippen molar-refractivity contribution in [2.24, 2.45) is 0 Å². The van der Waals surface area contributed by atoms with Gasteiger partial charge in [0.1, 0.15) is 6.54 Å². The summed E-state index contributed by atoms with van der Waals surface area (Å²) in [5.41, 5.74) is 0. The van der Waals surface area contributed by atoms with Crippen molar-refractivity contribution in [2.45, 2.75) is 13.5 Å². The molecule has 0 aromatic carbocycles. The Kier molecular flexibility index (Phi) is 3.86. The van der Waals surface area contributed by atoms with E-state index in [0.717, 1.165) is 0 Å². The molecule has 0 saturated heterocycles. The minimum atomic E-state index is -0.0828. The molecule has 5 nitrogen and oxygen atoms in total. The summed E-state index contributed by atoms with van der Waals surface area (Å²) in [5, 5.41) is 6.61. The van der Waals surface area contributed by atoms with Gasteiger partial charge in [-0.2, -0.15) is 4.98 Å². The summed E-state index contributed by atoms with van der Waals surface area (Å²) in [6.07, 6.45) is 0. The Morgan fingerprint density at radius 1 is 1.62 bits per heavy atom. The van der Waals surface area contributed by atoms with Gasteiger partial charge in [0.05, 0.1) is 0 Å². The molecule has 1 aromatic heterocycles. The van der Waals surface area contributed by atoms with E-state index in [0.29, 0.717) is 16.0 Å². The zero-order valence-electron chi connectivity index (χ0n) is 6.92. The number of rotatable bonds is 3. The lowest BCUT2D eigenvalue weighted by Gasteiger charge is -2.01. The van der Waals surface area contributed by atoms with E-state index in [9.17, 15) is 4.79 Å². The lowest BCUT2D eigenvalue weighted by molar-refractivity contribution is -0.121. The van der Waals surface area contributed by atoms with Crippen molar-refractivity contribution in [3.05, 3.63) is 9.47 Å². The number of aromatic nitrogens is 3. The number of hydrogen-bond acceptors (Lipinski definition) is 3. The van der Waals surface area contributed by atoms with E-state index in [1.165, 1.54) is 4.68 Å². The first-order valence-corrected chi connectivity index (χ1v) is 5.24. The fourth-order valence-corrected chi connectivity index (χ4v) is 1.76. The Bertz CT molecular complexity index is 312. The molecule has 0 spiro atoms. The summed E-state index contributed by atoms with van der Waals surface area (Å²) in [7, 11) is 0. The minimum Gasteiger partial charge on any atom is -0.355 e. The molecule has 1 amide bonds. The van der Waals surface area contributed by atoms with Crippen molar-refractivity contribution in [2.75, 3.05) is 6.54 Å². The molecule has 0 aliphatic carbocycles. The van der Waals surface area contributed by atoms with Crippen LogP contribution in [0.1, 0.15) is 6.92 Å². The molecular weight excluding hydrogens is 304 g/mol. The standard InChI is InChI=1S/C6H8Br2N4O/c1-2-9-4(13)3-12-6(8)10-5(7)11-12/h2-3H2,1H3,(H,9,13). The molecule has 1 aromatic rings. The van der Waals surface area contributed by atoms with Gasteiger partial charge in [0.15, 0.2) is 4.73 Å². The summed E-state index contributed by atoms with van der Waals surface area (Å²) in [6.45, 7) is 2.66. The third-order valence-corrected chi connectivity index (χ3v) is 2.19. The quantitative estimate of drug-likeness (QED) is 0.904. The van der Waals surface area contributed by atoms with Crippen molar-refractivity contribution >= 4 is 37.8 Å². The van der Waals surface area contributed by atoms with Gasteiger partial charge in [-0.05, 0) is 38.8 Å². The number of nitrogens with one attached hydrogen (secondary N) is 1. The van der Waals surface area contributed by atoms with Crippen LogP contribution in [0.2, 0.25) is 0 Å². The van der Waals surface area contributed by atoms with Crippen LogP contribution in [0.5, 0.6) is 0 Å². The van der Waals surface area contributed by atoms with Gasteiger partial charge in [-0.15, -0.1) is 5.10 Å². The first kappa shape index (κ1) is 10.6. The number of nitrogens with zero attached hydrogens (tertiary/aromatic N) is 3. The summed E-state index contributed by atoms with van der Waals surface area (Å²) in [6, 6.07) is 0. The number of amides is 1. The molecule has 0 fully saturated rings. The zero-order valence-corrected chi connectivity index (χ0v) is 10.1. The SMILES string of the molecule is CCNC(=O)Cn1nc(Br)nc1Br. The summed E-state index contributed by atoms with van der Waals surface area (Å²) in [5.74, 6) is -0.0828. The molecule has 72 valence electrons. The van der Waals surface area contributed by atoms with E-state index in [1.54, 1.807) is 0 Å². The molecule has 1 N–H and O–H groups in total. The number of halogens is 2. The number of carbonyl (C=O) groups excluding carboxylic acids is 1. The maximum atomic E-state index is 11.1.